The van der Waals surface area contributed by atoms with Crippen LogP contribution in [0.4, 0.5) is 5.13 Å². The Kier molecular flexibility index (Phi) is 4.24. The van der Waals surface area contributed by atoms with Gasteiger partial charge in [-0.25, -0.2) is 9.78 Å². The molecular weight excluding hydrogens is 352 g/mol. The lowest BCUT2D eigenvalue weighted by atomic mass is 10.1. The fraction of sp³-hybridized carbons (Fsp3) is 0.316. The number of carbonyl (C=O) groups is 1. The van der Waals surface area contributed by atoms with E-state index in [1.807, 2.05) is 19.9 Å². The zero-order valence-electron chi connectivity index (χ0n) is 14.5. The number of aromatic nitrogens is 1. The highest BCUT2D eigenvalue weighted by Crippen LogP contribution is 2.29. The number of nitrogens with one attached hydrogen (secondary N) is 1. The van der Waals surface area contributed by atoms with Crippen LogP contribution in [0.1, 0.15) is 28.1 Å². The molecule has 2 aromatic heterocycles. The predicted octanol–water partition coefficient (Wildman–Crippen LogP) is 3.37. The van der Waals surface area contributed by atoms with Gasteiger partial charge < -0.3 is 9.15 Å². The lowest BCUT2D eigenvalue weighted by molar-refractivity contribution is -0.118. The quantitative estimate of drug-likeness (QED) is 0.712. The van der Waals surface area contributed by atoms with Crippen LogP contribution in [-0.2, 0) is 17.6 Å². The summed E-state index contributed by atoms with van der Waals surface area (Å²) < 4.78 is 11.0. The number of nitrogens with zero attached hydrogens (tertiary/aromatic N) is 1. The topological polar surface area (TPSA) is 81.4 Å². The molecule has 0 radical (unpaired) electrons. The number of thiazole rings is 1. The van der Waals surface area contributed by atoms with Crippen molar-refractivity contribution in [3.63, 3.8) is 0 Å². The Morgan fingerprint density at radius 1 is 1.31 bits per heavy atom. The van der Waals surface area contributed by atoms with Gasteiger partial charge in [-0.1, -0.05) is 0 Å². The first-order valence-electron chi connectivity index (χ1n) is 8.46. The highest BCUT2D eigenvalue weighted by Gasteiger charge is 2.19. The lowest BCUT2D eigenvalue weighted by Crippen LogP contribution is -2.20. The number of rotatable bonds is 4. The molecule has 0 bridgehead atoms. The van der Waals surface area contributed by atoms with Crippen LogP contribution < -0.4 is 15.7 Å². The minimum Gasteiger partial charge on any atom is -0.484 e. The average Bonchev–Trinajstić information content (AvgIpc) is 3.21. The summed E-state index contributed by atoms with van der Waals surface area (Å²) in [5.41, 5.74) is 3.01. The lowest BCUT2D eigenvalue weighted by Gasteiger charge is -2.08. The molecule has 1 aromatic carbocycles. The number of benzene rings is 1. The summed E-state index contributed by atoms with van der Waals surface area (Å²) in [6, 6.07) is 5.36. The third kappa shape index (κ3) is 3.10. The van der Waals surface area contributed by atoms with Crippen molar-refractivity contribution in [3.05, 3.63) is 50.3 Å². The second-order valence-corrected chi connectivity index (χ2v) is 7.56. The van der Waals surface area contributed by atoms with Gasteiger partial charge in [-0.15, -0.1) is 11.3 Å². The number of anilines is 1. The Hall–Kier alpha value is -2.67. The summed E-state index contributed by atoms with van der Waals surface area (Å²) in [4.78, 5) is 29.4. The smallest absolute Gasteiger partial charge is 0.339 e. The van der Waals surface area contributed by atoms with Gasteiger partial charge in [0.1, 0.15) is 11.3 Å². The van der Waals surface area contributed by atoms with E-state index < -0.39 is 0 Å². The molecule has 1 amide bonds. The zero-order chi connectivity index (χ0) is 18.3. The summed E-state index contributed by atoms with van der Waals surface area (Å²) in [5.74, 6) is 0.203. The van der Waals surface area contributed by atoms with E-state index in [1.54, 1.807) is 12.1 Å². The average molecular weight is 370 g/mol. The molecule has 1 N–H and O–H groups in total. The molecule has 4 rings (SSSR count). The number of ether oxygens (including phenoxy) is 1. The van der Waals surface area contributed by atoms with Gasteiger partial charge in [0.05, 0.1) is 5.69 Å². The fourth-order valence-electron chi connectivity index (χ4n) is 3.18. The molecule has 1 aliphatic rings. The van der Waals surface area contributed by atoms with Gasteiger partial charge in [-0.05, 0) is 50.8 Å². The maximum Gasteiger partial charge on any atom is 0.339 e. The van der Waals surface area contributed by atoms with Crippen LogP contribution >= 0.6 is 11.3 Å². The molecule has 134 valence electrons. The third-order valence-electron chi connectivity index (χ3n) is 4.59. The molecule has 6 nitrogen and oxygen atoms in total. The van der Waals surface area contributed by atoms with E-state index in [2.05, 4.69) is 10.3 Å². The molecule has 0 fully saturated rings. The fourth-order valence-corrected chi connectivity index (χ4v) is 4.02. The van der Waals surface area contributed by atoms with Crippen molar-refractivity contribution in [1.29, 1.82) is 0 Å². The molecular formula is C19H18N2O4S. The van der Waals surface area contributed by atoms with Crippen LogP contribution in [0.5, 0.6) is 5.75 Å². The van der Waals surface area contributed by atoms with Crippen molar-refractivity contribution in [2.75, 3.05) is 11.9 Å². The summed E-state index contributed by atoms with van der Waals surface area (Å²) in [7, 11) is 0. The molecule has 0 spiro atoms. The molecule has 0 saturated carbocycles. The van der Waals surface area contributed by atoms with Crippen molar-refractivity contribution < 1.29 is 13.9 Å². The number of hydrogen-bond donors (Lipinski definition) is 1. The molecule has 0 unspecified atom stereocenters. The first-order chi connectivity index (χ1) is 12.5. The minimum atomic E-state index is -0.283. The Morgan fingerprint density at radius 2 is 2.12 bits per heavy atom. The zero-order valence-corrected chi connectivity index (χ0v) is 15.4. The third-order valence-corrected chi connectivity index (χ3v) is 5.58. The van der Waals surface area contributed by atoms with E-state index >= 15 is 0 Å². The molecule has 7 heteroatoms. The Balaban J connectivity index is 1.48. The SMILES string of the molecule is Cc1nc(NC(=O)COc2ccc3c4c(c(=O)oc3c2)CCC4)sc1C. The molecule has 1 aliphatic carbocycles. The molecule has 3 aromatic rings. The maximum atomic E-state index is 12.1. The molecule has 26 heavy (non-hydrogen) atoms. The van der Waals surface area contributed by atoms with Crippen LogP contribution in [0.15, 0.2) is 27.4 Å². The van der Waals surface area contributed by atoms with Gasteiger partial charge in [0.25, 0.3) is 5.91 Å². The molecule has 2 heterocycles. The highest BCUT2D eigenvalue weighted by molar-refractivity contribution is 7.15. The predicted molar refractivity (Wildman–Crippen MR) is 100 cm³/mol. The highest BCUT2D eigenvalue weighted by atomic mass is 32.1. The molecule has 0 aliphatic heterocycles. The standard InChI is InChI=1S/C19H18N2O4S/c1-10-11(2)26-19(20-10)21-17(22)9-24-12-6-7-14-13-4-3-5-15(13)18(23)25-16(14)8-12/h6-8H,3-5,9H2,1-2H3,(H,20,21,22). The summed E-state index contributed by atoms with van der Waals surface area (Å²) in [6.07, 6.45) is 2.65. The van der Waals surface area contributed by atoms with Gasteiger partial charge in [0.2, 0.25) is 0 Å². The van der Waals surface area contributed by atoms with Crippen LogP contribution in [0.25, 0.3) is 11.0 Å². The number of carbonyl (C=O) groups excluding carboxylic acids is 1. The van der Waals surface area contributed by atoms with Gasteiger partial charge in [-0.2, -0.15) is 0 Å². The summed E-state index contributed by atoms with van der Waals surface area (Å²) in [5, 5.41) is 4.23. The van der Waals surface area contributed by atoms with Crippen molar-refractivity contribution in [2.24, 2.45) is 0 Å². The monoisotopic (exact) mass is 370 g/mol. The summed E-state index contributed by atoms with van der Waals surface area (Å²) >= 11 is 1.43. The number of hydrogen-bond acceptors (Lipinski definition) is 6. The summed E-state index contributed by atoms with van der Waals surface area (Å²) in [6.45, 7) is 3.72. The number of amides is 1. The van der Waals surface area contributed by atoms with Crippen LogP contribution in [0, 0.1) is 13.8 Å². The van der Waals surface area contributed by atoms with E-state index in [9.17, 15) is 9.59 Å². The van der Waals surface area contributed by atoms with Gasteiger partial charge in [0.15, 0.2) is 11.7 Å². The van der Waals surface area contributed by atoms with Crippen LogP contribution in [0.3, 0.4) is 0 Å². The van der Waals surface area contributed by atoms with E-state index in [0.29, 0.717) is 16.5 Å². The van der Waals surface area contributed by atoms with Crippen LogP contribution in [0.2, 0.25) is 0 Å². The Morgan fingerprint density at radius 3 is 2.88 bits per heavy atom. The largest absolute Gasteiger partial charge is 0.484 e. The van der Waals surface area contributed by atoms with Gasteiger partial charge in [-0.3, -0.25) is 10.1 Å². The number of aryl methyl sites for hydroxylation is 3. The van der Waals surface area contributed by atoms with E-state index in [1.165, 1.54) is 11.3 Å². The number of fused-ring (bicyclic) bond motifs is 3. The van der Waals surface area contributed by atoms with Crippen molar-refractivity contribution in [1.82, 2.24) is 4.98 Å². The minimum absolute atomic E-state index is 0.141. The van der Waals surface area contributed by atoms with E-state index in [-0.39, 0.29) is 18.1 Å². The van der Waals surface area contributed by atoms with Gasteiger partial charge in [0, 0.05) is 21.9 Å². The van der Waals surface area contributed by atoms with E-state index in [4.69, 9.17) is 9.15 Å². The first-order valence-corrected chi connectivity index (χ1v) is 9.28. The first kappa shape index (κ1) is 16.8. The Labute approximate surface area is 153 Å². The van der Waals surface area contributed by atoms with Crippen molar-refractivity contribution in [2.45, 2.75) is 33.1 Å². The van der Waals surface area contributed by atoms with E-state index in [0.717, 1.165) is 46.3 Å². The molecule has 0 saturated heterocycles. The van der Waals surface area contributed by atoms with Crippen LogP contribution in [-0.4, -0.2) is 17.5 Å². The molecule has 0 atom stereocenters. The Bertz CT molecular complexity index is 1050. The van der Waals surface area contributed by atoms with Gasteiger partial charge >= 0.3 is 5.63 Å². The second kappa shape index (κ2) is 6.57. The van der Waals surface area contributed by atoms with Crippen molar-refractivity contribution in [3.8, 4) is 5.75 Å². The normalized spacial score (nSPS) is 13.0. The van der Waals surface area contributed by atoms with Crippen molar-refractivity contribution >= 4 is 33.3 Å². The second-order valence-electron chi connectivity index (χ2n) is 6.36. The maximum absolute atomic E-state index is 12.1.